The molecule has 166 valence electrons. The topological polar surface area (TPSA) is 86.9 Å². The van der Waals surface area contributed by atoms with Gasteiger partial charge in [0, 0.05) is 44.1 Å². The molecular formula is C21H26F2N6O2. The number of imidazole rings is 1. The summed E-state index contributed by atoms with van der Waals surface area (Å²) in [6.07, 6.45) is 1.49. The van der Waals surface area contributed by atoms with Crippen LogP contribution in [0.4, 0.5) is 8.78 Å². The van der Waals surface area contributed by atoms with Crippen molar-refractivity contribution in [2.45, 2.75) is 51.7 Å². The lowest BCUT2D eigenvalue weighted by atomic mass is 9.99. The van der Waals surface area contributed by atoms with Gasteiger partial charge in [0.15, 0.2) is 0 Å². The number of aromatic nitrogens is 5. The third kappa shape index (κ3) is 4.38. The van der Waals surface area contributed by atoms with Crippen LogP contribution in [-0.2, 0) is 17.4 Å². The minimum Gasteiger partial charge on any atom is -0.472 e. The molecule has 1 amide bonds. The largest absolute Gasteiger partial charge is 0.472 e. The van der Waals surface area contributed by atoms with Gasteiger partial charge in [-0.3, -0.25) is 9.48 Å². The molecule has 1 aliphatic rings. The SMILES string of the molecule is Cn1cnc2cc(-c3cnn(C(C)(C)C)c3)nc(O[C@H](CC(F)F)C3CNC(=O)C3)c21. The van der Waals surface area contributed by atoms with Crippen LogP contribution in [-0.4, -0.2) is 49.3 Å². The first-order valence-electron chi connectivity index (χ1n) is 10.2. The van der Waals surface area contributed by atoms with Gasteiger partial charge in [0.2, 0.25) is 18.2 Å². The van der Waals surface area contributed by atoms with Crippen LogP contribution in [0.2, 0.25) is 0 Å². The maximum absolute atomic E-state index is 13.3. The van der Waals surface area contributed by atoms with Gasteiger partial charge in [-0.2, -0.15) is 5.10 Å². The molecule has 31 heavy (non-hydrogen) atoms. The summed E-state index contributed by atoms with van der Waals surface area (Å²) in [5, 5.41) is 7.11. The third-order valence-electron chi connectivity index (χ3n) is 5.44. The van der Waals surface area contributed by atoms with E-state index in [1.165, 1.54) is 0 Å². The molecule has 3 aromatic heterocycles. The molecular weight excluding hydrogens is 406 g/mol. The van der Waals surface area contributed by atoms with Gasteiger partial charge in [0.25, 0.3) is 0 Å². The Morgan fingerprint density at radius 2 is 2.13 bits per heavy atom. The summed E-state index contributed by atoms with van der Waals surface area (Å²) in [6.45, 7) is 6.43. The number of rotatable bonds is 6. The third-order valence-corrected chi connectivity index (χ3v) is 5.44. The molecule has 1 unspecified atom stereocenters. The van der Waals surface area contributed by atoms with E-state index in [9.17, 15) is 13.6 Å². The molecule has 1 fully saturated rings. The van der Waals surface area contributed by atoms with E-state index in [1.54, 1.807) is 24.1 Å². The van der Waals surface area contributed by atoms with Gasteiger partial charge in [-0.25, -0.2) is 18.7 Å². The first-order chi connectivity index (χ1) is 14.6. The van der Waals surface area contributed by atoms with Gasteiger partial charge in [-0.05, 0) is 26.8 Å². The van der Waals surface area contributed by atoms with E-state index in [0.29, 0.717) is 23.3 Å². The second kappa shape index (κ2) is 7.90. The Labute approximate surface area is 178 Å². The van der Waals surface area contributed by atoms with Crippen molar-refractivity contribution >= 4 is 16.9 Å². The summed E-state index contributed by atoms with van der Waals surface area (Å²) in [5.74, 6) is -0.283. The zero-order chi connectivity index (χ0) is 22.3. The van der Waals surface area contributed by atoms with Crippen LogP contribution in [0.15, 0.2) is 24.8 Å². The standard InChI is InChI=1S/C21H26F2N6O2/c1-21(2,3)29-10-13(9-26-29)14-6-15-19(28(4)11-25-15)20(27-14)31-16(7-17(22)23)12-5-18(30)24-8-12/h6,9-12,16-17H,5,7-8H2,1-4H3,(H,24,30)/t12?,16-/m1/s1. The average Bonchev–Trinajstić information content (AvgIpc) is 3.40. The first kappa shape index (κ1) is 21.2. The van der Waals surface area contributed by atoms with Gasteiger partial charge < -0.3 is 14.6 Å². The zero-order valence-electron chi connectivity index (χ0n) is 18.0. The molecule has 3 aromatic rings. The van der Waals surface area contributed by atoms with E-state index < -0.39 is 19.0 Å². The predicted octanol–water partition coefficient (Wildman–Crippen LogP) is 3.13. The fourth-order valence-corrected chi connectivity index (χ4v) is 3.74. The van der Waals surface area contributed by atoms with Crippen molar-refractivity contribution in [1.82, 2.24) is 29.6 Å². The summed E-state index contributed by atoms with van der Waals surface area (Å²) >= 11 is 0. The number of alkyl halides is 2. The lowest BCUT2D eigenvalue weighted by Crippen LogP contribution is -2.31. The number of halogens is 2. The second-order valence-electron chi connectivity index (χ2n) is 8.93. The molecule has 0 spiro atoms. The highest BCUT2D eigenvalue weighted by atomic mass is 19.3. The molecule has 0 radical (unpaired) electrons. The zero-order valence-corrected chi connectivity index (χ0v) is 18.0. The molecule has 2 atom stereocenters. The smallest absolute Gasteiger partial charge is 0.242 e. The van der Waals surface area contributed by atoms with Crippen LogP contribution in [0.5, 0.6) is 5.88 Å². The number of carbonyl (C=O) groups is 1. The van der Waals surface area contributed by atoms with Crippen LogP contribution in [0.1, 0.15) is 33.6 Å². The Balaban J connectivity index is 1.74. The molecule has 4 rings (SSSR count). The summed E-state index contributed by atoms with van der Waals surface area (Å²) in [5.41, 5.74) is 2.42. The van der Waals surface area contributed by atoms with Gasteiger partial charge in [-0.15, -0.1) is 0 Å². The second-order valence-corrected chi connectivity index (χ2v) is 8.93. The maximum Gasteiger partial charge on any atom is 0.242 e. The van der Waals surface area contributed by atoms with E-state index in [0.717, 1.165) is 5.56 Å². The van der Waals surface area contributed by atoms with E-state index in [2.05, 4.69) is 20.4 Å². The molecule has 0 bridgehead atoms. The molecule has 4 heterocycles. The van der Waals surface area contributed by atoms with Crippen molar-refractivity contribution in [3.63, 3.8) is 0 Å². The van der Waals surface area contributed by atoms with Gasteiger partial charge >= 0.3 is 0 Å². The summed E-state index contributed by atoms with van der Waals surface area (Å²) in [4.78, 5) is 20.7. The van der Waals surface area contributed by atoms with Crippen molar-refractivity contribution in [3.05, 3.63) is 24.8 Å². The number of amides is 1. The van der Waals surface area contributed by atoms with Crippen molar-refractivity contribution in [2.24, 2.45) is 13.0 Å². The number of aryl methyl sites for hydroxylation is 1. The Kier molecular flexibility index (Phi) is 5.40. The molecule has 8 nitrogen and oxygen atoms in total. The Hall–Kier alpha value is -3.04. The lowest BCUT2D eigenvalue weighted by molar-refractivity contribution is -0.119. The monoisotopic (exact) mass is 432 g/mol. The Bertz CT molecular complexity index is 1100. The van der Waals surface area contributed by atoms with E-state index in [-0.39, 0.29) is 29.7 Å². The minimum absolute atomic E-state index is 0.157. The molecule has 0 aromatic carbocycles. The van der Waals surface area contributed by atoms with Gasteiger partial charge in [0.1, 0.15) is 11.6 Å². The average molecular weight is 432 g/mol. The number of hydrogen-bond acceptors (Lipinski definition) is 5. The number of pyridine rings is 1. The Morgan fingerprint density at radius 3 is 2.74 bits per heavy atom. The van der Waals surface area contributed by atoms with Crippen molar-refractivity contribution in [2.75, 3.05) is 6.54 Å². The highest BCUT2D eigenvalue weighted by Gasteiger charge is 2.34. The first-order valence-corrected chi connectivity index (χ1v) is 10.2. The number of hydrogen-bond donors (Lipinski definition) is 1. The minimum atomic E-state index is -2.56. The van der Waals surface area contributed by atoms with Crippen LogP contribution < -0.4 is 10.1 Å². The molecule has 10 heteroatoms. The van der Waals surface area contributed by atoms with Crippen molar-refractivity contribution in [3.8, 4) is 17.1 Å². The number of nitrogens with one attached hydrogen (secondary N) is 1. The predicted molar refractivity (Wildman–Crippen MR) is 111 cm³/mol. The Morgan fingerprint density at radius 1 is 1.35 bits per heavy atom. The van der Waals surface area contributed by atoms with E-state index >= 15 is 0 Å². The highest BCUT2D eigenvalue weighted by Crippen LogP contribution is 2.32. The number of ether oxygens (including phenoxy) is 1. The van der Waals surface area contributed by atoms with E-state index in [1.807, 2.05) is 37.7 Å². The fraction of sp³-hybridized carbons (Fsp3) is 0.524. The number of nitrogens with zero attached hydrogens (tertiary/aromatic N) is 5. The van der Waals surface area contributed by atoms with Crippen LogP contribution in [0, 0.1) is 5.92 Å². The van der Waals surface area contributed by atoms with Crippen molar-refractivity contribution < 1.29 is 18.3 Å². The van der Waals surface area contributed by atoms with Gasteiger partial charge in [0.05, 0.1) is 29.3 Å². The van der Waals surface area contributed by atoms with E-state index in [4.69, 9.17) is 4.74 Å². The highest BCUT2D eigenvalue weighted by molar-refractivity contribution is 5.84. The lowest BCUT2D eigenvalue weighted by Gasteiger charge is -2.23. The summed E-state index contributed by atoms with van der Waals surface area (Å²) < 4.78 is 36.2. The van der Waals surface area contributed by atoms with Gasteiger partial charge in [-0.1, -0.05) is 0 Å². The van der Waals surface area contributed by atoms with Crippen LogP contribution in [0.25, 0.3) is 22.3 Å². The molecule has 1 saturated heterocycles. The fourth-order valence-electron chi connectivity index (χ4n) is 3.74. The molecule has 1 aliphatic heterocycles. The summed E-state index contributed by atoms with van der Waals surface area (Å²) in [6, 6.07) is 1.83. The number of carbonyl (C=O) groups excluding carboxylic acids is 1. The maximum atomic E-state index is 13.3. The molecule has 0 aliphatic carbocycles. The van der Waals surface area contributed by atoms with Crippen molar-refractivity contribution in [1.29, 1.82) is 0 Å². The molecule has 0 saturated carbocycles. The number of fused-ring (bicyclic) bond motifs is 1. The van der Waals surface area contributed by atoms with Crippen LogP contribution in [0.3, 0.4) is 0 Å². The summed E-state index contributed by atoms with van der Waals surface area (Å²) in [7, 11) is 1.80. The molecule has 1 N–H and O–H groups in total. The normalized spacial score (nSPS) is 18.0. The van der Waals surface area contributed by atoms with Crippen LogP contribution >= 0.6 is 0 Å². The quantitative estimate of drug-likeness (QED) is 0.647.